The molecule has 2 aliphatic heterocycles. The fourth-order valence-corrected chi connectivity index (χ4v) is 4.21. The summed E-state index contributed by atoms with van der Waals surface area (Å²) in [6, 6.07) is 11.0. The molecule has 4 rings (SSSR count). The van der Waals surface area contributed by atoms with Crippen LogP contribution in [0.1, 0.15) is 43.0 Å². The normalized spacial score (nSPS) is 20.8. The SMILES string of the molecule is CC(=O)N1CCc2nnc(C3CCCN3CCc3ccccc3)n2CC1. The van der Waals surface area contributed by atoms with E-state index in [-0.39, 0.29) is 5.91 Å². The third kappa shape index (κ3) is 3.51. The second-order valence-electron chi connectivity index (χ2n) is 7.31. The molecule has 2 aliphatic rings. The van der Waals surface area contributed by atoms with Gasteiger partial charge in [0.2, 0.25) is 5.91 Å². The zero-order chi connectivity index (χ0) is 17.9. The van der Waals surface area contributed by atoms with Crippen molar-refractivity contribution in [3.8, 4) is 0 Å². The Morgan fingerprint density at radius 2 is 1.96 bits per heavy atom. The molecule has 1 aromatic heterocycles. The van der Waals surface area contributed by atoms with Gasteiger partial charge in [0.05, 0.1) is 6.04 Å². The molecule has 1 saturated heterocycles. The Morgan fingerprint density at radius 3 is 2.77 bits per heavy atom. The molecule has 0 bridgehead atoms. The zero-order valence-corrected chi connectivity index (χ0v) is 15.5. The number of carbonyl (C=O) groups is 1. The Morgan fingerprint density at radius 1 is 1.12 bits per heavy atom. The first-order chi connectivity index (χ1) is 12.7. The molecule has 1 aromatic carbocycles. The van der Waals surface area contributed by atoms with E-state index in [9.17, 15) is 4.79 Å². The maximum atomic E-state index is 11.7. The van der Waals surface area contributed by atoms with Crippen LogP contribution >= 0.6 is 0 Å². The predicted molar refractivity (Wildman–Crippen MR) is 99.7 cm³/mol. The van der Waals surface area contributed by atoms with Crippen LogP contribution in [-0.4, -0.2) is 56.7 Å². The lowest BCUT2D eigenvalue weighted by Gasteiger charge is -2.24. The van der Waals surface area contributed by atoms with E-state index in [0.29, 0.717) is 6.04 Å². The van der Waals surface area contributed by atoms with Crippen LogP contribution in [0.25, 0.3) is 0 Å². The van der Waals surface area contributed by atoms with Crippen LogP contribution in [0.15, 0.2) is 30.3 Å². The van der Waals surface area contributed by atoms with Crippen molar-refractivity contribution in [1.29, 1.82) is 0 Å². The molecule has 1 unspecified atom stereocenters. The van der Waals surface area contributed by atoms with Gasteiger partial charge in [-0.1, -0.05) is 30.3 Å². The summed E-state index contributed by atoms with van der Waals surface area (Å²) < 4.78 is 2.27. The lowest BCUT2D eigenvalue weighted by Crippen LogP contribution is -2.32. The molecule has 3 heterocycles. The number of likely N-dealkylation sites (tertiary alicyclic amines) is 1. The van der Waals surface area contributed by atoms with Crippen LogP contribution in [0.5, 0.6) is 0 Å². The molecule has 26 heavy (non-hydrogen) atoms. The molecular formula is C20H27N5O. The van der Waals surface area contributed by atoms with Gasteiger partial charge in [-0.3, -0.25) is 9.69 Å². The third-order valence-electron chi connectivity index (χ3n) is 5.69. The molecule has 1 amide bonds. The molecule has 0 spiro atoms. The predicted octanol–water partition coefficient (Wildman–Crippen LogP) is 2.06. The fraction of sp³-hybridized carbons (Fsp3) is 0.550. The van der Waals surface area contributed by atoms with Gasteiger partial charge in [-0.15, -0.1) is 10.2 Å². The van der Waals surface area contributed by atoms with E-state index in [1.54, 1.807) is 6.92 Å². The molecule has 0 saturated carbocycles. The molecular weight excluding hydrogens is 326 g/mol. The highest BCUT2D eigenvalue weighted by molar-refractivity contribution is 5.73. The summed E-state index contributed by atoms with van der Waals surface area (Å²) in [6.07, 6.45) is 4.21. The first-order valence-electron chi connectivity index (χ1n) is 9.68. The number of benzene rings is 1. The standard InChI is InChI=1S/C20H27N5O/c1-16(26)23-13-10-19-21-22-20(25(19)15-14-23)18-8-5-11-24(18)12-9-17-6-3-2-4-7-17/h2-4,6-7,18H,5,8-15H2,1H3. The Kier molecular flexibility index (Phi) is 5.02. The average molecular weight is 353 g/mol. The van der Waals surface area contributed by atoms with Crippen molar-refractivity contribution in [2.45, 2.75) is 45.2 Å². The van der Waals surface area contributed by atoms with E-state index in [4.69, 9.17) is 0 Å². The van der Waals surface area contributed by atoms with Crippen LogP contribution in [0, 0.1) is 0 Å². The van der Waals surface area contributed by atoms with Crippen molar-refractivity contribution in [1.82, 2.24) is 24.6 Å². The van der Waals surface area contributed by atoms with E-state index in [0.717, 1.165) is 63.6 Å². The highest BCUT2D eigenvalue weighted by Crippen LogP contribution is 2.31. The fourth-order valence-electron chi connectivity index (χ4n) is 4.21. The maximum Gasteiger partial charge on any atom is 0.219 e. The number of fused-ring (bicyclic) bond motifs is 1. The van der Waals surface area contributed by atoms with Gasteiger partial charge in [0, 0.05) is 39.5 Å². The summed E-state index contributed by atoms with van der Waals surface area (Å²) in [7, 11) is 0. The summed E-state index contributed by atoms with van der Waals surface area (Å²) in [6.45, 7) is 6.13. The summed E-state index contributed by atoms with van der Waals surface area (Å²) >= 11 is 0. The third-order valence-corrected chi connectivity index (χ3v) is 5.69. The summed E-state index contributed by atoms with van der Waals surface area (Å²) in [5, 5.41) is 9.02. The van der Waals surface area contributed by atoms with Crippen molar-refractivity contribution in [3.05, 3.63) is 47.5 Å². The lowest BCUT2D eigenvalue weighted by atomic mass is 10.1. The molecule has 1 fully saturated rings. The molecule has 6 nitrogen and oxygen atoms in total. The van der Waals surface area contributed by atoms with Crippen molar-refractivity contribution >= 4 is 5.91 Å². The Hall–Kier alpha value is -2.21. The van der Waals surface area contributed by atoms with Gasteiger partial charge in [0.15, 0.2) is 0 Å². The van der Waals surface area contributed by atoms with E-state index < -0.39 is 0 Å². The molecule has 138 valence electrons. The van der Waals surface area contributed by atoms with E-state index in [1.807, 2.05) is 4.90 Å². The Balaban J connectivity index is 1.47. The number of hydrogen-bond donors (Lipinski definition) is 0. The Bertz CT molecular complexity index is 757. The second-order valence-corrected chi connectivity index (χ2v) is 7.31. The monoisotopic (exact) mass is 353 g/mol. The van der Waals surface area contributed by atoms with Gasteiger partial charge in [-0.05, 0) is 31.4 Å². The maximum absolute atomic E-state index is 11.7. The first-order valence-corrected chi connectivity index (χ1v) is 9.68. The minimum atomic E-state index is 0.149. The van der Waals surface area contributed by atoms with Gasteiger partial charge in [0.1, 0.15) is 11.6 Å². The summed E-state index contributed by atoms with van der Waals surface area (Å²) in [5.41, 5.74) is 1.38. The van der Waals surface area contributed by atoms with E-state index in [1.165, 1.54) is 12.0 Å². The van der Waals surface area contributed by atoms with Crippen LogP contribution in [0.2, 0.25) is 0 Å². The van der Waals surface area contributed by atoms with Crippen LogP contribution in [-0.2, 0) is 24.2 Å². The van der Waals surface area contributed by atoms with Crippen LogP contribution in [0.4, 0.5) is 0 Å². The molecule has 6 heteroatoms. The molecule has 0 N–H and O–H groups in total. The minimum Gasteiger partial charge on any atom is -0.341 e. The largest absolute Gasteiger partial charge is 0.341 e. The van der Waals surface area contributed by atoms with Gasteiger partial charge in [0.25, 0.3) is 0 Å². The zero-order valence-electron chi connectivity index (χ0n) is 15.5. The number of carbonyl (C=O) groups excluding carboxylic acids is 1. The first kappa shape index (κ1) is 17.2. The molecule has 0 aliphatic carbocycles. The van der Waals surface area contributed by atoms with Crippen molar-refractivity contribution in [2.24, 2.45) is 0 Å². The highest BCUT2D eigenvalue weighted by atomic mass is 16.2. The van der Waals surface area contributed by atoms with Gasteiger partial charge < -0.3 is 9.47 Å². The quantitative estimate of drug-likeness (QED) is 0.844. The molecule has 0 radical (unpaired) electrons. The number of aromatic nitrogens is 3. The summed E-state index contributed by atoms with van der Waals surface area (Å²) in [5.74, 6) is 2.27. The van der Waals surface area contributed by atoms with Crippen LogP contribution in [0.3, 0.4) is 0 Å². The molecule has 1 atom stereocenters. The molecule has 2 aromatic rings. The van der Waals surface area contributed by atoms with Gasteiger partial charge in [-0.2, -0.15) is 0 Å². The summed E-state index contributed by atoms with van der Waals surface area (Å²) in [4.78, 5) is 16.2. The second kappa shape index (κ2) is 7.58. The number of nitrogens with zero attached hydrogens (tertiary/aromatic N) is 5. The smallest absolute Gasteiger partial charge is 0.219 e. The van der Waals surface area contributed by atoms with E-state index >= 15 is 0 Å². The topological polar surface area (TPSA) is 54.3 Å². The van der Waals surface area contributed by atoms with Gasteiger partial charge >= 0.3 is 0 Å². The van der Waals surface area contributed by atoms with Crippen molar-refractivity contribution < 1.29 is 4.79 Å². The van der Waals surface area contributed by atoms with Gasteiger partial charge in [-0.25, -0.2) is 0 Å². The Labute approximate surface area is 154 Å². The number of amides is 1. The number of rotatable bonds is 4. The average Bonchev–Trinajstić information content (AvgIpc) is 3.21. The number of hydrogen-bond acceptors (Lipinski definition) is 4. The highest BCUT2D eigenvalue weighted by Gasteiger charge is 2.31. The van der Waals surface area contributed by atoms with Crippen molar-refractivity contribution in [3.63, 3.8) is 0 Å². The lowest BCUT2D eigenvalue weighted by molar-refractivity contribution is -0.128. The van der Waals surface area contributed by atoms with E-state index in [2.05, 4.69) is 50.0 Å². The van der Waals surface area contributed by atoms with Crippen molar-refractivity contribution in [2.75, 3.05) is 26.2 Å². The minimum absolute atomic E-state index is 0.149. The van der Waals surface area contributed by atoms with Crippen LogP contribution < -0.4 is 0 Å².